The monoisotopic (exact) mass is 592 g/mol. The summed E-state index contributed by atoms with van der Waals surface area (Å²) in [5.41, 5.74) is -7.44. The Hall–Kier alpha value is -2.41. The Bertz CT molecular complexity index is 731. The molecule has 0 aliphatic rings. The molecule has 0 fully saturated rings. The summed E-state index contributed by atoms with van der Waals surface area (Å²) in [5, 5.41) is 63.4. The number of unbranched alkanes of at least 4 members (excludes halogenated alkanes) is 13. The van der Waals surface area contributed by atoms with Gasteiger partial charge >= 0.3 is 17.9 Å². The summed E-state index contributed by atoms with van der Waals surface area (Å²) in [6.45, 7) is 2.99. The molecule has 0 radical (unpaired) electrons. The Morgan fingerprint density at radius 2 is 0.927 bits per heavy atom. The van der Waals surface area contributed by atoms with Crippen molar-refractivity contribution < 1.29 is 59.7 Å². The molecular weight excluding hydrogens is 540 g/mol. The molecule has 0 aliphatic carbocycles. The lowest BCUT2D eigenvalue weighted by Gasteiger charge is -2.32. The van der Waals surface area contributed by atoms with Crippen LogP contribution in [0.2, 0.25) is 0 Å². The predicted octanol–water partition coefficient (Wildman–Crippen LogP) is 3.10. The number of carboxylic acid groups (broad SMARTS) is 3. The first-order valence-corrected chi connectivity index (χ1v) is 14.6. The van der Waals surface area contributed by atoms with Crippen LogP contribution in [0.15, 0.2) is 0 Å². The van der Waals surface area contributed by atoms with Crippen LogP contribution in [-0.4, -0.2) is 89.1 Å². The molecule has 7 N–H and O–H groups in total. The van der Waals surface area contributed by atoms with Crippen molar-refractivity contribution in [3.63, 3.8) is 0 Å². The summed E-state index contributed by atoms with van der Waals surface area (Å²) < 4.78 is 0. The van der Waals surface area contributed by atoms with Crippen LogP contribution in [0.25, 0.3) is 0 Å². The number of carboxylic acids is 3. The fourth-order valence-corrected chi connectivity index (χ4v) is 4.45. The van der Waals surface area contributed by atoms with Crippen LogP contribution in [0, 0.1) is 5.92 Å². The van der Waals surface area contributed by atoms with Crippen molar-refractivity contribution in [2.24, 2.45) is 5.92 Å². The smallest absolute Gasteiger partial charge is 0.347 e. The summed E-state index contributed by atoms with van der Waals surface area (Å²) in [7, 11) is 0. The molecule has 4 atom stereocenters. The molecule has 0 rings (SSSR count). The number of ketones is 2. The average Bonchev–Trinajstić information content (AvgIpc) is 2.90. The second-order valence-corrected chi connectivity index (χ2v) is 10.6. The van der Waals surface area contributed by atoms with Gasteiger partial charge in [0.1, 0.15) is 0 Å². The van der Waals surface area contributed by atoms with Crippen LogP contribution in [0.4, 0.5) is 0 Å². The average molecular weight is 593 g/mol. The number of carbonyl (C=O) groups excluding carboxylic acids is 2. The zero-order valence-corrected chi connectivity index (χ0v) is 24.8. The van der Waals surface area contributed by atoms with Crippen molar-refractivity contribution in [2.45, 2.75) is 141 Å². The topological polar surface area (TPSA) is 227 Å². The van der Waals surface area contributed by atoms with Crippen LogP contribution >= 0.6 is 0 Å². The minimum Gasteiger partial charge on any atom is -0.481 e. The number of hydrogen-bond acceptors (Lipinski definition) is 9. The zero-order chi connectivity index (χ0) is 32.1. The van der Waals surface area contributed by atoms with Crippen molar-refractivity contribution >= 4 is 29.5 Å². The summed E-state index contributed by atoms with van der Waals surface area (Å²) >= 11 is 0. The van der Waals surface area contributed by atoms with Crippen LogP contribution in [0.5, 0.6) is 0 Å². The number of carbonyl (C=O) groups is 5. The van der Waals surface area contributed by atoms with Gasteiger partial charge in [-0.25, -0.2) is 9.59 Å². The fraction of sp³-hybridized carbons (Fsp3) is 0.828. The van der Waals surface area contributed by atoms with Crippen LogP contribution in [-0.2, 0) is 24.0 Å². The Morgan fingerprint density at radius 1 is 0.610 bits per heavy atom. The van der Waals surface area contributed by atoms with Crippen molar-refractivity contribution in [1.29, 1.82) is 0 Å². The summed E-state index contributed by atoms with van der Waals surface area (Å²) in [4.78, 5) is 54.4. The van der Waals surface area contributed by atoms with Gasteiger partial charge in [-0.15, -0.1) is 0 Å². The second kappa shape index (κ2) is 22.2. The normalized spacial score (nSPS) is 15.4. The molecule has 0 aromatic carbocycles. The number of rotatable bonds is 24. The number of hydrogen-bond donors (Lipinski definition) is 7. The lowest BCUT2D eigenvalue weighted by Crippen LogP contribution is -2.70. The van der Waals surface area contributed by atoms with E-state index in [4.69, 9.17) is 20.4 Å². The molecule has 0 bridgehead atoms. The van der Waals surface area contributed by atoms with E-state index in [2.05, 4.69) is 6.92 Å². The van der Waals surface area contributed by atoms with Gasteiger partial charge < -0.3 is 35.7 Å². The molecule has 12 heteroatoms. The number of aliphatic carboxylic acids is 3. The van der Waals surface area contributed by atoms with E-state index in [-0.39, 0.29) is 13.0 Å². The highest BCUT2D eigenvalue weighted by Crippen LogP contribution is 2.26. The van der Waals surface area contributed by atoms with E-state index in [1.807, 2.05) is 0 Å². The van der Waals surface area contributed by atoms with Crippen molar-refractivity contribution in [2.75, 3.05) is 6.61 Å². The molecular formula is C29H52O12. The Kier molecular flexibility index (Phi) is 22.1. The maximum atomic E-state index is 11.1. The van der Waals surface area contributed by atoms with Gasteiger partial charge in [0.25, 0.3) is 11.2 Å². The molecule has 12 nitrogen and oxygen atoms in total. The van der Waals surface area contributed by atoms with Crippen LogP contribution in [0.3, 0.4) is 0 Å². The molecule has 0 spiro atoms. The first kappa shape index (κ1) is 40.7. The predicted molar refractivity (Wildman–Crippen MR) is 150 cm³/mol. The fourth-order valence-electron chi connectivity index (χ4n) is 4.45. The summed E-state index contributed by atoms with van der Waals surface area (Å²) in [5.74, 6) is -9.16. The Balaban J connectivity index is 0. The standard InChI is InChI=1S/C21H42O4.C8H10O8/c1-2-3-4-5-6-7-8-9-10-11-12-13-14-15-16-19(21(24)25)17-20(23)18-22;1-3(9)7(15,5(11)12)8(16,4(2)10)6(13)14/h19-20,22-23H,2-18H2,1H3,(H,24,25);15-16H,1-2H3,(H,11,12)(H,13,14). The number of aliphatic hydroxyl groups excluding tert-OH is 2. The van der Waals surface area contributed by atoms with Gasteiger partial charge in [0.05, 0.1) is 18.6 Å². The van der Waals surface area contributed by atoms with Crippen LogP contribution in [0.1, 0.15) is 124 Å². The van der Waals surface area contributed by atoms with Gasteiger partial charge in [0.15, 0.2) is 11.6 Å². The quantitative estimate of drug-likeness (QED) is 0.0633. The number of Topliss-reactive ketones (excluding diaryl/α,β-unsaturated/α-hetero) is 2. The minimum atomic E-state index is -3.72. The third kappa shape index (κ3) is 14.9. The highest BCUT2D eigenvalue weighted by molar-refractivity contribution is 6.20. The number of aliphatic hydroxyl groups is 4. The largest absolute Gasteiger partial charge is 0.481 e. The zero-order valence-electron chi connectivity index (χ0n) is 24.8. The third-order valence-electron chi connectivity index (χ3n) is 7.18. The van der Waals surface area contributed by atoms with Gasteiger partial charge in [-0.05, 0) is 26.7 Å². The van der Waals surface area contributed by atoms with Crippen molar-refractivity contribution in [3.05, 3.63) is 0 Å². The first-order valence-electron chi connectivity index (χ1n) is 14.6. The van der Waals surface area contributed by atoms with E-state index in [0.29, 0.717) is 20.3 Å². The molecule has 0 saturated heterocycles. The van der Waals surface area contributed by atoms with Crippen molar-refractivity contribution in [3.8, 4) is 0 Å². The highest BCUT2D eigenvalue weighted by Gasteiger charge is 2.67. The Labute approximate surface area is 242 Å². The van der Waals surface area contributed by atoms with Gasteiger partial charge in [-0.3, -0.25) is 14.4 Å². The molecule has 240 valence electrons. The van der Waals surface area contributed by atoms with Crippen molar-refractivity contribution in [1.82, 2.24) is 0 Å². The van der Waals surface area contributed by atoms with E-state index in [1.165, 1.54) is 77.0 Å². The van der Waals surface area contributed by atoms with E-state index in [1.54, 1.807) is 0 Å². The first-order chi connectivity index (χ1) is 19.1. The van der Waals surface area contributed by atoms with E-state index >= 15 is 0 Å². The SMILES string of the molecule is CC(=O)C(O)(C(=O)O)C(O)(C(C)=O)C(=O)O.CCCCCCCCCCCCCCCCC(CC(O)CO)C(=O)O. The van der Waals surface area contributed by atoms with Gasteiger partial charge in [0, 0.05) is 0 Å². The van der Waals surface area contributed by atoms with Gasteiger partial charge in [-0.1, -0.05) is 96.8 Å². The Morgan fingerprint density at radius 3 is 1.17 bits per heavy atom. The maximum absolute atomic E-state index is 11.1. The maximum Gasteiger partial charge on any atom is 0.347 e. The lowest BCUT2D eigenvalue weighted by atomic mass is 9.77. The van der Waals surface area contributed by atoms with E-state index < -0.39 is 52.7 Å². The highest BCUT2D eigenvalue weighted by atomic mass is 16.5. The summed E-state index contributed by atoms with van der Waals surface area (Å²) in [6, 6.07) is 0. The second-order valence-electron chi connectivity index (χ2n) is 10.6. The van der Waals surface area contributed by atoms with Crippen LogP contribution < -0.4 is 0 Å². The molecule has 0 heterocycles. The molecule has 0 aromatic heterocycles. The van der Waals surface area contributed by atoms with E-state index in [0.717, 1.165) is 12.8 Å². The third-order valence-corrected chi connectivity index (χ3v) is 7.18. The molecule has 4 unspecified atom stereocenters. The molecule has 0 aliphatic heterocycles. The van der Waals surface area contributed by atoms with E-state index in [9.17, 15) is 39.3 Å². The molecule has 0 saturated carbocycles. The minimum absolute atomic E-state index is 0.157. The van der Waals surface area contributed by atoms with Gasteiger partial charge in [-0.2, -0.15) is 0 Å². The van der Waals surface area contributed by atoms with Gasteiger partial charge in [0.2, 0.25) is 0 Å². The lowest BCUT2D eigenvalue weighted by molar-refractivity contribution is -0.206. The molecule has 41 heavy (non-hydrogen) atoms. The molecule has 0 amide bonds. The summed E-state index contributed by atoms with van der Waals surface area (Å²) in [6.07, 6.45) is 17.9. The molecule has 0 aromatic rings.